The molecular formula is C36H48F2N4O6. The Balaban J connectivity index is 1.42. The molecule has 2 unspecified atom stereocenters. The molecule has 1 aromatic heterocycles. The third kappa shape index (κ3) is 6.19. The quantitative estimate of drug-likeness (QED) is 0.388. The molecule has 3 heterocycles. The van der Waals surface area contributed by atoms with Crippen LogP contribution in [-0.2, 0) is 14.3 Å². The van der Waals surface area contributed by atoms with E-state index in [0.717, 1.165) is 25.7 Å². The maximum absolute atomic E-state index is 15.6. The number of Topliss-reactive ketones (excluding diaryl/α,β-unsaturated/α-hetero) is 1. The van der Waals surface area contributed by atoms with E-state index in [9.17, 15) is 14.4 Å². The number of aromatic nitrogens is 2. The molecule has 1 aromatic carbocycles. The lowest BCUT2D eigenvalue weighted by molar-refractivity contribution is -0.141. The van der Waals surface area contributed by atoms with E-state index in [-0.39, 0.29) is 29.8 Å². The number of halogens is 2. The van der Waals surface area contributed by atoms with Gasteiger partial charge in [0.05, 0.1) is 36.6 Å². The molecule has 2 amide bonds. The fourth-order valence-electron chi connectivity index (χ4n) is 8.36. The van der Waals surface area contributed by atoms with Crippen molar-refractivity contribution >= 4 is 28.8 Å². The standard InChI is InChI=1S/C36H48F2N4O6/c1-19-26-18-42(29(19)20(2)43)32(44)30(34(3,4)5)41-33(45)48-35(6)16-10-12-21(35)11-8-9-13-23-27(36(23,37)38)28-31(47-26)40-25-17-22(46-7)14-15-24(25)39-28/h14-15,17,19,21,23,26-27,29-30H,8-13,16,18H2,1-7H3,(H,41,45)/t19-,21-,23?,26+,27?,29+,30-,35-/m1/s1. The number of nitrogens with one attached hydrogen (secondary N) is 1. The van der Waals surface area contributed by atoms with Crippen LogP contribution in [0.1, 0.15) is 98.1 Å². The zero-order valence-corrected chi connectivity index (χ0v) is 29.0. The third-order valence-electron chi connectivity index (χ3n) is 11.2. The van der Waals surface area contributed by atoms with Gasteiger partial charge in [-0.05, 0) is 69.4 Å². The van der Waals surface area contributed by atoms with Gasteiger partial charge >= 0.3 is 6.09 Å². The molecule has 2 bridgehead atoms. The Morgan fingerprint density at radius 3 is 2.48 bits per heavy atom. The molecule has 6 rings (SSSR count). The van der Waals surface area contributed by atoms with E-state index in [2.05, 4.69) is 5.32 Å². The van der Waals surface area contributed by atoms with Gasteiger partial charge in [0.1, 0.15) is 29.2 Å². The zero-order chi connectivity index (χ0) is 34.8. The van der Waals surface area contributed by atoms with E-state index >= 15 is 8.78 Å². The van der Waals surface area contributed by atoms with E-state index in [1.807, 2.05) is 27.7 Å². The Morgan fingerprint density at radius 2 is 1.79 bits per heavy atom. The number of hydrogen-bond donors (Lipinski definition) is 1. The molecule has 2 saturated carbocycles. The minimum atomic E-state index is -2.98. The van der Waals surface area contributed by atoms with Crippen LogP contribution in [0.3, 0.4) is 0 Å². The Hall–Kier alpha value is -3.57. The van der Waals surface area contributed by atoms with Crippen molar-refractivity contribution in [2.24, 2.45) is 23.2 Å². The lowest BCUT2D eigenvalue weighted by Gasteiger charge is -2.37. The van der Waals surface area contributed by atoms with Gasteiger partial charge in [-0.25, -0.2) is 23.5 Å². The zero-order valence-electron chi connectivity index (χ0n) is 29.0. The van der Waals surface area contributed by atoms with Crippen molar-refractivity contribution in [3.05, 3.63) is 23.9 Å². The first-order valence-electron chi connectivity index (χ1n) is 17.3. The Kier molecular flexibility index (Phi) is 8.86. The molecule has 2 aromatic rings. The molecule has 12 heteroatoms. The Bertz CT molecular complexity index is 1600. The summed E-state index contributed by atoms with van der Waals surface area (Å²) in [5, 5.41) is 2.86. The number of hydrogen-bond acceptors (Lipinski definition) is 8. The van der Waals surface area contributed by atoms with Gasteiger partial charge in [0, 0.05) is 17.9 Å². The summed E-state index contributed by atoms with van der Waals surface area (Å²) in [6.07, 6.45) is 3.40. The third-order valence-corrected chi connectivity index (χ3v) is 11.2. The van der Waals surface area contributed by atoms with Crippen LogP contribution in [0.4, 0.5) is 13.6 Å². The van der Waals surface area contributed by atoms with Crippen molar-refractivity contribution in [2.75, 3.05) is 13.7 Å². The first-order chi connectivity index (χ1) is 22.5. The number of ketones is 1. The van der Waals surface area contributed by atoms with Gasteiger partial charge in [-0.15, -0.1) is 0 Å². The number of rotatable bonds is 2. The minimum Gasteiger partial charge on any atom is -0.497 e. The molecule has 0 spiro atoms. The number of amides is 2. The number of fused-ring (bicyclic) bond motifs is 7. The summed E-state index contributed by atoms with van der Waals surface area (Å²) in [5.74, 6) is -5.67. The number of carbonyl (C=O) groups excluding carboxylic acids is 3. The van der Waals surface area contributed by atoms with Crippen LogP contribution in [0.15, 0.2) is 18.2 Å². The monoisotopic (exact) mass is 670 g/mol. The molecule has 1 N–H and O–H groups in total. The van der Waals surface area contributed by atoms with Crippen LogP contribution in [-0.4, -0.2) is 76.0 Å². The Morgan fingerprint density at radius 1 is 1.08 bits per heavy atom. The smallest absolute Gasteiger partial charge is 0.408 e. The normalized spacial score (nSPS) is 33.9. The number of ether oxygens (including phenoxy) is 3. The predicted molar refractivity (Wildman–Crippen MR) is 174 cm³/mol. The van der Waals surface area contributed by atoms with Gasteiger partial charge in [-0.2, -0.15) is 0 Å². The predicted octanol–water partition coefficient (Wildman–Crippen LogP) is 6.44. The molecule has 4 aliphatic rings. The number of methoxy groups -OCH3 is 1. The van der Waals surface area contributed by atoms with Gasteiger partial charge in [-0.3, -0.25) is 9.59 Å². The molecule has 10 nitrogen and oxygen atoms in total. The molecule has 2 aliphatic heterocycles. The molecule has 8 atom stereocenters. The van der Waals surface area contributed by atoms with E-state index in [4.69, 9.17) is 24.2 Å². The SMILES string of the molecule is COc1ccc2nc3c(nc2c1)O[C@H]1CN(C(=O)[C@H](C(C)(C)C)NC(=O)O[C@]2(C)CCC[C@H]2CCCCC2C3C2(F)F)[C@H](C(C)=O)[C@@H]1C. The van der Waals surface area contributed by atoms with Crippen molar-refractivity contribution in [2.45, 2.75) is 122 Å². The second-order valence-corrected chi connectivity index (χ2v) is 15.6. The topological polar surface area (TPSA) is 120 Å². The first kappa shape index (κ1) is 34.3. The van der Waals surface area contributed by atoms with Gasteiger partial charge in [0.25, 0.3) is 5.92 Å². The highest BCUT2D eigenvalue weighted by Gasteiger charge is 2.70. The maximum atomic E-state index is 15.6. The largest absolute Gasteiger partial charge is 0.497 e. The van der Waals surface area contributed by atoms with Gasteiger partial charge in [0.2, 0.25) is 11.8 Å². The van der Waals surface area contributed by atoms with Crippen LogP contribution in [0, 0.1) is 23.2 Å². The van der Waals surface area contributed by atoms with Crippen LogP contribution in [0.5, 0.6) is 11.6 Å². The first-order valence-corrected chi connectivity index (χ1v) is 17.3. The summed E-state index contributed by atoms with van der Waals surface area (Å²) in [4.78, 5) is 51.8. The van der Waals surface area contributed by atoms with Crippen LogP contribution < -0.4 is 14.8 Å². The lowest BCUT2D eigenvalue weighted by Crippen LogP contribution is -2.57. The molecule has 2 aliphatic carbocycles. The molecule has 1 saturated heterocycles. The summed E-state index contributed by atoms with van der Waals surface area (Å²) in [7, 11) is 1.52. The van der Waals surface area contributed by atoms with Crippen LogP contribution >= 0.6 is 0 Å². The second kappa shape index (κ2) is 12.4. The minimum absolute atomic E-state index is 0.00486. The fraction of sp³-hybridized carbons (Fsp3) is 0.694. The number of alkyl carbamates (subject to hydrolysis) is 1. The van der Waals surface area contributed by atoms with E-state index in [1.54, 1.807) is 25.1 Å². The van der Waals surface area contributed by atoms with Crippen molar-refractivity contribution in [3.63, 3.8) is 0 Å². The second-order valence-electron chi connectivity index (χ2n) is 15.6. The molecular weight excluding hydrogens is 622 g/mol. The van der Waals surface area contributed by atoms with Crippen LogP contribution in [0.25, 0.3) is 11.0 Å². The summed E-state index contributed by atoms with van der Waals surface area (Å²) in [6.45, 7) is 10.7. The highest BCUT2D eigenvalue weighted by Crippen LogP contribution is 2.64. The number of benzene rings is 1. The van der Waals surface area contributed by atoms with E-state index < -0.39 is 64.9 Å². The number of nitrogens with zero attached hydrogens (tertiary/aromatic N) is 3. The summed E-state index contributed by atoms with van der Waals surface area (Å²) < 4.78 is 49.2. The summed E-state index contributed by atoms with van der Waals surface area (Å²) >= 11 is 0. The van der Waals surface area contributed by atoms with Crippen LogP contribution in [0.2, 0.25) is 0 Å². The van der Waals surface area contributed by atoms with Gasteiger partial charge in [-0.1, -0.05) is 40.5 Å². The average molecular weight is 671 g/mol. The highest BCUT2D eigenvalue weighted by molar-refractivity contribution is 5.92. The molecule has 262 valence electrons. The van der Waals surface area contributed by atoms with Crippen molar-refractivity contribution in [3.8, 4) is 11.6 Å². The molecule has 48 heavy (non-hydrogen) atoms. The van der Waals surface area contributed by atoms with Gasteiger partial charge in [0.15, 0.2) is 5.78 Å². The molecule has 0 radical (unpaired) electrons. The summed E-state index contributed by atoms with van der Waals surface area (Å²) in [5.41, 5.74) is -0.500. The van der Waals surface area contributed by atoms with E-state index in [0.29, 0.717) is 36.0 Å². The average Bonchev–Trinajstić information content (AvgIpc) is 3.22. The highest BCUT2D eigenvalue weighted by atomic mass is 19.3. The van der Waals surface area contributed by atoms with Crippen molar-refractivity contribution < 1.29 is 37.4 Å². The van der Waals surface area contributed by atoms with Crippen molar-refractivity contribution in [1.82, 2.24) is 20.2 Å². The van der Waals surface area contributed by atoms with Crippen molar-refractivity contribution in [1.29, 1.82) is 0 Å². The maximum Gasteiger partial charge on any atom is 0.408 e. The fourth-order valence-corrected chi connectivity index (χ4v) is 8.36. The Labute approximate surface area is 280 Å². The number of carbonyl (C=O) groups is 3. The number of alkyl halides is 2. The molecule has 3 fully saturated rings. The van der Waals surface area contributed by atoms with E-state index in [1.165, 1.54) is 18.9 Å². The van der Waals surface area contributed by atoms with Gasteiger partial charge < -0.3 is 24.4 Å². The summed E-state index contributed by atoms with van der Waals surface area (Å²) in [6, 6.07) is 3.21. The lowest BCUT2D eigenvalue weighted by atomic mass is 9.85.